The maximum Gasteiger partial charge on any atom is 0.221 e. The van der Waals surface area contributed by atoms with Gasteiger partial charge in [0, 0.05) is 18.7 Å². The summed E-state index contributed by atoms with van der Waals surface area (Å²) in [7, 11) is 0. The van der Waals surface area contributed by atoms with Gasteiger partial charge in [-0.2, -0.15) is 4.98 Å². The number of pyridine rings is 1. The molecule has 0 saturated carbocycles. The summed E-state index contributed by atoms with van der Waals surface area (Å²) in [6.07, 6.45) is 0. The van der Waals surface area contributed by atoms with Crippen LogP contribution in [0.1, 0.15) is 6.92 Å². The van der Waals surface area contributed by atoms with E-state index in [4.69, 9.17) is 39.5 Å². The summed E-state index contributed by atoms with van der Waals surface area (Å²) in [5, 5.41) is 4.24. The maximum atomic E-state index is 6.04. The predicted molar refractivity (Wildman–Crippen MR) is 79.9 cm³/mol. The SMILES string of the molecule is CCNc1cccc(Oc2cc(Cl)c(Cl)cc2Cl)n1. The number of hydrogen-bond acceptors (Lipinski definition) is 3. The van der Waals surface area contributed by atoms with Crippen molar-refractivity contribution in [2.45, 2.75) is 6.92 Å². The highest BCUT2D eigenvalue weighted by Crippen LogP contribution is 2.36. The molecule has 19 heavy (non-hydrogen) atoms. The normalized spacial score (nSPS) is 10.3. The van der Waals surface area contributed by atoms with Gasteiger partial charge in [-0.05, 0) is 19.1 Å². The predicted octanol–water partition coefficient (Wildman–Crippen LogP) is 5.27. The maximum absolute atomic E-state index is 6.04. The lowest BCUT2D eigenvalue weighted by Gasteiger charge is -2.09. The van der Waals surface area contributed by atoms with Crippen LogP contribution in [0.3, 0.4) is 0 Å². The molecule has 1 aromatic heterocycles. The van der Waals surface area contributed by atoms with E-state index in [9.17, 15) is 0 Å². The number of halogens is 3. The van der Waals surface area contributed by atoms with E-state index < -0.39 is 0 Å². The number of nitrogens with one attached hydrogen (secondary N) is 1. The van der Waals surface area contributed by atoms with E-state index in [1.807, 2.05) is 19.1 Å². The fraction of sp³-hybridized carbons (Fsp3) is 0.154. The molecule has 0 saturated heterocycles. The number of benzene rings is 1. The van der Waals surface area contributed by atoms with Crippen molar-refractivity contribution in [3.05, 3.63) is 45.4 Å². The van der Waals surface area contributed by atoms with Crippen molar-refractivity contribution in [2.75, 3.05) is 11.9 Å². The van der Waals surface area contributed by atoms with Gasteiger partial charge in [0.05, 0.1) is 15.1 Å². The van der Waals surface area contributed by atoms with E-state index in [2.05, 4.69) is 10.3 Å². The lowest BCUT2D eigenvalue weighted by Crippen LogP contribution is -1.99. The number of aromatic nitrogens is 1. The molecule has 0 spiro atoms. The highest BCUT2D eigenvalue weighted by atomic mass is 35.5. The van der Waals surface area contributed by atoms with Crippen molar-refractivity contribution in [3.63, 3.8) is 0 Å². The van der Waals surface area contributed by atoms with Gasteiger partial charge in [0.15, 0.2) is 0 Å². The smallest absolute Gasteiger partial charge is 0.221 e. The fourth-order valence-electron chi connectivity index (χ4n) is 1.45. The van der Waals surface area contributed by atoms with Gasteiger partial charge in [0.2, 0.25) is 5.88 Å². The summed E-state index contributed by atoms with van der Waals surface area (Å²) >= 11 is 17.8. The monoisotopic (exact) mass is 316 g/mol. The second-order valence-electron chi connectivity index (χ2n) is 3.69. The molecule has 0 unspecified atom stereocenters. The standard InChI is InChI=1S/C13H11Cl3N2O/c1-2-17-12-4-3-5-13(18-12)19-11-7-9(15)8(14)6-10(11)16/h3-7H,2H2,1H3,(H,17,18). The summed E-state index contributed by atoms with van der Waals surface area (Å²) in [5.41, 5.74) is 0. The van der Waals surface area contributed by atoms with Crippen molar-refractivity contribution in [1.82, 2.24) is 4.98 Å². The minimum absolute atomic E-state index is 0.379. The molecule has 0 bridgehead atoms. The molecular formula is C13H11Cl3N2O. The Labute approximate surface area is 126 Å². The minimum atomic E-state index is 0.379. The number of anilines is 1. The quantitative estimate of drug-likeness (QED) is 0.780. The molecule has 0 fully saturated rings. The molecule has 2 rings (SSSR count). The molecule has 3 nitrogen and oxygen atoms in total. The molecule has 0 aliphatic carbocycles. The average molecular weight is 318 g/mol. The molecule has 1 N–H and O–H groups in total. The van der Waals surface area contributed by atoms with E-state index in [1.165, 1.54) is 6.07 Å². The van der Waals surface area contributed by atoms with Gasteiger partial charge in [-0.15, -0.1) is 0 Å². The largest absolute Gasteiger partial charge is 0.437 e. The van der Waals surface area contributed by atoms with Gasteiger partial charge < -0.3 is 10.1 Å². The Balaban J connectivity index is 2.25. The molecule has 0 radical (unpaired) electrons. The molecule has 1 heterocycles. The molecule has 1 aromatic carbocycles. The van der Waals surface area contributed by atoms with Gasteiger partial charge >= 0.3 is 0 Å². The van der Waals surface area contributed by atoms with E-state index in [-0.39, 0.29) is 0 Å². The van der Waals surface area contributed by atoms with Crippen LogP contribution in [0.25, 0.3) is 0 Å². The second kappa shape index (κ2) is 6.33. The Kier molecular flexibility index (Phi) is 4.75. The molecule has 0 amide bonds. The third-order valence-corrected chi connectivity index (χ3v) is 3.29. The Bertz CT molecular complexity index is 590. The summed E-state index contributed by atoms with van der Waals surface area (Å²) in [4.78, 5) is 4.28. The van der Waals surface area contributed by atoms with Gasteiger partial charge in [-0.25, -0.2) is 0 Å². The first-order valence-corrected chi connectivity index (χ1v) is 6.77. The van der Waals surface area contributed by atoms with Crippen LogP contribution in [-0.2, 0) is 0 Å². The summed E-state index contributed by atoms with van der Waals surface area (Å²) in [5.74, 6) is 1.58. The molecule has 0 aliphatic rings. The van der Waals surface area contributed by atoms with Crippen LogP contribution >= 0.6 is 34.8 Å². The van der Waals surface area contributed by atoms with Crippen LogP contribution in [0, 0.1) is 0 Å². The fourth-order valence-corrected chi connectivity index (χ4v) is 2.02. The van der Waals surface area contributed by atoms with Gasteiger partial charge in [-0.3, -0.25) is 0 Å². The molecule has 2 aromatic rings. The number of hydrogen-bond donors (Lipinski definition) is 1. The number of ether oxygens (including phenoxy) is 1. The summed E-state index contributed by atoms with van der Waals surface area (Å²) < 4.78 is 5.61. The third-order valence-electron chi connectivity index (χ3n) is 2.27. The van der Waals surface area contributed by atoms with Gasteiger partial charge in [-0.1, -0.05) is 40.9 Å². The first-order chi connectivity index (χ1) is 9.10. The van der Waals surface area contributed by atoms with Gasteiger partial charge in [0.1, 0.15) is 11.6 Å². The lowest BCUT2D eigenvalue weighted by molar-refractivity contribution is 0.464. The van der Waals surface area contributed by atoms with E-state index in [0.717, 1.165) is 12.4 Å². The average Bonchev–Trinajstić information content (AvgIpc) is 2.37. The van der Waals surface area contributed by atoms with Crippen LogP contribution in [0.15, 0.2) is 30.3 Å². The first kappa shape index (κ1) is 14.3. The molecule has 0 atom stereocenters. The van der Waals surface area contributed by atoms with Gasteiger partial charge in [0.25, 0.3) is 0 Å². The number of nitrogens with zero attached hydrogens (tertiary/aromatic N) is 1. The summed E-state index contributed by atoms with van der Waals surface area (Å²) in [6, 6.07) is 8.53. The Morgan fingerprint density at radius 3 is 2.58 bits per heavy atom. The van der Waals surface area contributed by atoms with Crippen molar-refractivity contribution in [3.8, 4) is 11.6 Å². The highest BCUT2D eigenvalue weighted by molar-refractivity contribution is 6.43. The molecule has 6 heteroatoms. The highest BCUT2D eigenvalue weighted by Gasteiger charge is 2.09. The van der Waals surface area contributed by atoms with Crippen molar-refractivity contribution >= 4 is 40.6 Å². The Morgan fingerprint density at radius 2 is 1.84 bits per heavy atom. The summed E-state index contributed by atoms with van der Waals surface area (Å²) in [6.45, 7) is 2.77. The Morgan fingerprint density at radius 1 is 1.11 bits per heavy atom. The van der Waals surface area contributed by atoms with Crippen LogP contribution in [0.4, 0.5) is 5.82 Å². The van der Waals surface area contributed by atoms with Crippen LogP contribution in [-0.4, -0.2) is 11.5 Å². The van der Waals surface area contributed by atoms with Crippen LogP contribution in [0.5, 0.6) is 11.6 Å². The van der Waals surface area contributed by atoms with E-state index >= 15 is 0 Å². The second-order valence-corrected chi connectivity index (χ2v) is 4.91. The lowest BCUT2D eigenvalue weighted by atomic mass is 10.3. The molecular weight excluding hydrogens is 307 g/mol. The van der Waals surface area contributed by atoms with Crippen LogP contribution in [0.2, 0.25) is 15.1 Å². The van der Waals surface area contributed by atoms with Crippen LogP contribution < -0.4 is 10.1 Å². The third kappa shape index (κ3) is 3.66. The van der Waals surface area contributed by atoms with E-state index in [0.29, 0.717) is 26.7 Å². The first-order valence-electron chi connectivity index (χ1n) is 5.63. The minimum Gasteiger partial charge on any atom is -0.437 e. The van der Waals surface area contributed by atoms with Crippen molar-refractivity contribution in [1.29, 1.82) is 0 Å². The molecule has 100 valence electrons. The van der Waals surface area contributed by atoms with E-state index in [1.54, 1.807) is 12.1 Å². The zero-order valence-corrected chi connectivity index (χ0v) is 12.4. The number of rotatable bonds is 4. The molecule has 0 aliphatic heterocycles. The van der Waals surface area contributed by atoms with Crippen molar-refractivity contribution < 1.29 is 4.74 Å². The topological polar surface area (TPSA) is 34.1 Å². The zero-order valence-electron chi connectivity index (χ0n) is 10.1. The Hall–Kier alpha value is -1.16. The zero-order chi connectivity index (χ0) is 13.8. The van der Waals surface area contributed by atoms with Crippen molar-refractivity contribution in [2.24, 2.45) is 0 Å².